The molecule has 0 radical (unpaired) electrons. The molecule has 0 aromatic carbocycles. The zero-order chi connectivity index (χ0) is 5.21. The fourth-order valence-corrected chi connectivity index (χ4v) is 0. The van der Waals surface area contributed by atoms with Gasteiger partial charge in [-0.3, -0.25) is 0 Å². The molecule has 0 aliphatic heterocycles. The Hall–Kier alpha value is 0.693. The predicted octanol–water partition coefficient (Wildman–Crippen LogP) is -1.70. The smallest absolute Gasteiger partial charge is 0.788 e. The summed E-state index contributed by atoms with van der Waals surface area (Å²) in [6.07, 6.45) is 0. The zero-order valence-electron chi connectivity index (χ0n) is 3.23. The second-order valence-electron chi connectivity index (χ2n) is 0.529. The molecule has 5 nitrogen and oxygen atoms in total. The van der Waals surface area contributed by atoms with Crippen LogP contribution in [0.3, 0.4) is 0 Å². The van der Waals surface area contributed by atoms with Crippen LogP contribution in [-0.2, 0) is 28.7 Å². The summed E-state index contributed by atoms with van der Waals surface area (Å²) < 4.78 is 11.4. The van der Waals surface area contributed by atoms with Crippen LogP contribution in [0.4, 0.5) is 0 Å². The minimum Gasteiger partial charge on any atom is -0.788 e. The molecule has 0 rings (SSSR count). The van der Waals surface area contributed by atoms with E-state index in [0.717, 1.165) is 0 Å². The van der Waals surface area contributed by atoms with Gasteiger partial charge in [-0.1, -0.05) is 0 Å². The van der Waals surface area contributed by atoms with Crippen LogP contribution in [0, 0.1) is 0 Å². The third kappa shape index (κ3) is 10.8. The van der Waals surface area contributed by atoms with Gasteiger partial charge in [0, 0.05) is 0 Å². The summed E-state index contributed by atoms with van der Waals surface area (Å²) >= 11 is 0. The van der Waals surface area contributed by atoms with Crippen LogP contribution in [0.25, 0.3) is 0 Å². The predicted molar refractivity (Wildman–Crippen MR) is 11.3 cm³/mol. The van der Waals surface area contributed by atoms with Gasteiger partial charge in [0.2, 0.25) is 0 Å². The van der Waals surface area contributed by atoms with E-state index in [-0.39, 0.29) is 19.5 Å². The molecule has 0 fully saturated rings. The second-order valence-corrected chi connectivity index (χ2v) is 1.59. The molecular weight excluding hydrogens is 176 g/mol. The maximum Gasteiger partial charge on any atom is 2.00 e. The maximum atomic E-state index is 9.00. The topological polar surface area (TPSA) is 92.7 Å². The number of phosphoric acid groups is 1. The van der Waals surface area contributed by atoms with Gasteiger partial charge < -0.3 is 14.4 Å². The van der Waals surface area contributed by atoms with E-state index in [2.05, 4.69) is 4.67 Å². The van der Waals surface area contributed by atoms with Crippen molar-refractivity contribution in [2.75, 3.05) is 0 Å². The van der Waals surface area contributed by atoms with Gasteiger partial charge >= 0.3 is 19.5 Å². The van der Waals surface area contributed by atoms with Crippen molar-refractivity contribution in [1.82, 2.24) is 0 Å². The Kier molecular flexibility index (Phi) is 5.57. The monoisotopic (exact) mass is 176 g/mol. The molecule has 0 bridgehead atoms. The van der Waals surface area contributed by atoms with Gasteiger partial charge in [0.05, 0.1) is 7.82 Å². The zero-order valence-corrected chi connectivity index (χ0v) is 7.10. The van der Waals surface area contributed by atoms with Crippen LogP contribution in [0.5, 0.6) is 0 Å². The molecule has 1 N–H and O–H groups in total. The molecule has 0 amide bonds. The molecule has 0 unspecified atom stereocenters. The molecule has 0 aromatic rings. The van der Waals surface area contributed by atoms with Crippen LogP contribution >= 0.6 is 7.82 Å². The average Bonchev–Trinajstić information content (AvgIpc) is 1.35. The van der Waals surface area contributed by atoms with Gasteiger partial charge in [-0.05, 0) is 0 Å². The summed E-state index contributed by atoms with van der Waals surface area (Å²) in [6, 6.07) is 0. The van der Waals surface area contributed by atoms with E-state index in [4.69, 9.17) is 19.6 Å². The molecule has 0 heterocycles. The van der Waals surface area contributed by atoms with Crippen molar-refractivity contribution < 1.29 is 43.8 Å². The number of hydrogen-bond acceptors (Lipinski definition) is 5. The summed E-state index contributed by atoms with van der Waals surface area (Å²) in [5, 5.41) is 7.01. The number of hydrogen-bond donors (Lipinski definition) is 1. The van der Waals surface area contributed by atoms with E-state index in [1.165, 1.54) is 0 Å². The first kappa shape index (κ1) is 10.6. The fraction of sp³-hybridized carbons (Fsp3) is 0. The first-order valence-electron chi connectivity index (χ1n) is 0.913. The van der Waals surface area contributed by atoms with Crippen LogP contribution in [0.1, 0.15) is 0 Å². The Labute approximate surface area is 52.2 Å². The average molecular weight is 177 g/mol. The van der Waals surface area contributed by atoms with Gasteiger partial charge in [-0.2, -0.15) is 0 Å². The van der Waals surface area contributed by atoms with Crippen molar-refractivity contribution in [2.45, 2.75) is 0 Å². The molecule has 0 spiro atoms. The standard InChI is InChI=1S/H3O5P.Zn/c1-5-6(2,3)4;/h1H,(H2,2,3,4);/q;+2/p-2. The summed E-state index contributed by atoms with van der Waals surface area (Å²) in [7, 11) is -5.09. The van der Waals surface area contributed by atoms with E-state index in [9.17, 15) is 0 Å². The fourth-order valence-electron chi connectivity index (χ4n) is 0. The molecule has 7 heteroatoms. The molecule has 38 valence electrons. The Morgan fingerprint density at radius 3 is 1.71 bits per heavy atom. The summed E-state index contributed by atoms with van der Waals surface area (Å²) in [6.45, 7) is 0. The van der Waals surface area contributed by atoms with Crippen molar-refractivity contribution in [2.24, 2.45) is 0 Å². The van der Waals surface area contributed by atoms with Crippen LogP contribution < -0.4 is 9.79 Å². The van der Waals surface area contributed by atoms with Crippen molar-refractivity contribution in [1.29, 1.82) is 0 Å². The molecular formula is HO5PZn. The summed E-state index contributed by atoms with van der Waals surface area (Å²) in [4.78, 5) is 18.0. The second kappa shape index (κ2) is 3.67. The number of rotatable bonds is 1. The maximum absolute atomic E-state index is 9.00. The van der Waals surface area contributed by atoms with Crippen molar-refractivity contribution in [3.05, 3.63) is 0 Å². The first-order valence-corrected chi connectivity index (χ1v) is 2.37. The van der Waals surface area contributed by atoms with E-state index >= 15 is 0 Å². The SMILES string of the molecule is O=P([O-])([O-])OO.[Zn+2]. The van der Waals surface area contributed by atoms with Crippen molar-refractivity contribution in [3.63, 3.8) is 0 Å². The summed E-state index contributed by atoms with van der Waals surface area (Å²) in [5.41, 5.74) is 0. The van der Waals surface area contributed by atoms with Crippen LogP contribution in [0.2, 0.25) is 0 Å². The normalized spacial score (nSPS) is 10.1. The molecule has 0 aromatic heterocycles. The summed E-state index contributed by atoms with van der Waals surface area (Å²) in [5.74, 6) is 0. The minimum atomic E-state index is -5.09. The van der Waals surface area contributed by atoms with E-state index < -0.39 is 7.82 Å². The first-order chi connectivity index (χ1) is 2.56. The van der Waals surface area contributed by atoms with E-state index in [1.807, 2.05) is 0 Å². The van der Waals surface area contributed by atoms with E-state index in [0.29, 0.717) is 0 Å². The molecule has 0 saturated carbocycles. The van der Waals surface area contributed by atoms with Gasteiger partial charge in [0.25, 0.3) is 0 Å². The van der Waals surface area contributed by atoms with Crippen LogP contribution in [-0.4, -0.2) is 5.26 Å². The van der Waals surface area contributed by atoms with Gasteiger partial charge in [-0.15, -0.1) is 0 Å². The Morgan fingerprint density at radius 1 is 1.57 bits per heavy atom. The van der Waals surface area contributed by atoms with E-state index in [1.54, 1.807) is 0 Å². The molecule has 0 aliphatic rings. The van der Waals surface area contributed by atoms with Gasteiger partial charge in [0.1, 0.15) is 0 Å². The van der Waals surface area contributed by atoms with Crippen LogP contribution in [0.15, 0.2) is 0 Å². The molecule has 0 atom stereocenters. The quantitative estimate of drug-likeness (QED) is 0.223. The van der Waals surface area contributed by atoms with Gasteiger partial charge in [0.15, 0.2) is 0 Å². The third-order valence-corrected chi connectivity index (χ3v) is 0.300. The largest absolute Gasteiger partial charge is 2.00 e. The van der Waals surface area contributed by atoms with Crippen molar-refractivity contribution >= 4 is 7.82 Å². The Bertz CT molecular complexity index is 72.1. The third-order valence-electron chi connectivity index (χ3n) is 0.100. The van der Waals surface area contributed by atoms with Crippen molar-refractivity contribution in [3.8, 4) is 0 Å². The Morgan fingerprint density at radius 2 is 1.71 bits per heavy atom. The Balaban J connectivity index is 0. The molecule has 0 saturated heterocycles. The molecule has 0 aliphatic carbocycles. The minimum absolute atomic E-state index is 0. The molecule has 7 heavy (non-hydrogen) atoms. The van der Waals surface area contributed by atoms with Gasteiger partial charge in [-0.25, -0.2) is 9.93 Å².